The number of carbonyl (C=O) groups is 1. The van der Waals surface area contributed by atoms with Gasteiger partial charge in [-0.2, -0.15) is 8.78 Å². The highest BCUT2D eigenvalue weighted by molar-refractivity contribution is 9.10. The van der Waals surface area contributed by atoms with Crippen molar-refractivity contribution in [1.82, 2.24) is 9.97 Å². The molecule has 0 unspecified atom stereocenters. The van der Waals surface area contributed by atoms with Crippen molar-refractivity contribution in [2.24, 2.45) is 0 Å². The predicted molar refractivity (Wildman–Crippen MR) is 49.1 cm³/mol. The minimum atomic E-state index is -3.72. The van der Waals surface area contributed by atoms with Gasteiger partial charge < -0.3 is 10.1 Å². The van der Waals surface area contributed by atoms with Crippen LogP contribution in [0.5, 0.6) is 5.88 Å². The van der Waals surface area contributed by atoms with E-state index in [2.05, 4.69) is 9.97 Å². The monoisotopic (exact) mass is 282 g/mol. The van der Waals surface area contributed by atoms with Crippen LogP contribution < -0.4 is 5.56 Å². The van der Waals surface area contributed by atoms with E-state index in [-0.39, 0.29) is 0 Å². The predicted octanol–water partition coefficient (Wildman–Crippen LogP) is 0.575. The van der Waals surface area contributed by atoms with Crippen LogP contribution in [0.15, 0.2) is 11.1 Å². The molecule has 8 heteroatoms. The van der Waals surface area contributed by atoms with Crippen molar-refractivity contribution < 1.29 is 18.7 Å². The quantitative estimate of drug-likeness (QED) is 0.795. The second kappa shape index (κ2) is 4.05. The van der Waals surface area contributed by atoms with Crippen LogP contribution in [0.3, 0.4) is 0 Å². The number of carbonyl (C=O) groups excluding carboxylic acids is 1. The molecule has 1 rings (SSSR count). The third-order valence-corrected chi connectivity index (χ3v) is 2.02. The van der Waals surface area contributed by atoms with Gasteiger partial charge in [0.25, 0.3) is 5.56 Å². The number of H-pyrrole nitrogens is 1. The van der Waals surface area contributed by atoms with Crippen molar-refractivity contribution in [2.45, 2.75) is 11.3 Å². The number of hydrogen-bond donors (Lipinski definition) is 2. The lowest BCUT2D eigenvalue weighted by molar-refractivity contribution is -0.131. The standard InChI is InChI=1S/C7H5BrF2N2O3/c8-7(9,10)4(13)1-3-5(14)11-2-12-6(3)15/h2H,1H2,(H2,11,12,14,15). The van der Waals surface area contributed by atoms with Crippen molar-refractivity contribution >= 4 is 21.7 Å². The third kappa shape index (κ3) is 2.82. The van der Waals surface area contributed by atoms with Gasteiger partial charge in [0.1, 0.15) is 0 Å². The number of aromatic amines is 1. The molecule has 0 aliphatic heterocycles. The Morgan fingerprint density at radius 2 is 2.27 bits per heavy atom. The van der Waals surface area contributed by atoms with Crippen molar-refractivity contribution in [3.05, 3.63) is 22.2 Å². The van der Waals surface area contributed by atoms with E-state index in [1.165, 1.54) is 0 Å². The first-order valence-corrected chi connectivity index (χ1v) is 4.47. The summed E-state index contributed by atoms with van der Waals surface area (Å²) in [5.41, 5.74) is -1.31. The van der Waals surface area contributed by atoms with E-state index in [0.717, 1.165) is 6.33 Å². The van der Waals surface area contributed by atoms with Crippen molar-refractivity contribution in [3.63, 3.8) is 0 Å². The molecule has 0 spiro atoms. The van der Waals surface area contributed by atoms with E-state index in [1.54, 1.807) is 0 Å². The minimum Gasteiger partial charge on any atom is -0.493 e. The fourth-order valence-corrected chi connectivity index (χ4v) is 0.979. The fraction of sp³-hybridized carbons (Fsp3) is 0.286. The van der Waals surface area contributed by atoms with Gasteiger partial charge in [-0.3, -0.25) is 9.59 Å². The number of aromatic hydroxyl groups is 1. The molecule has 0 atom stereocenters. The number of Topliss-reactive ketones (excluding diaryl/α,β-unsaturated/α-hetero) is 1. The van der Waals surface area contributed by atoms with Crippen LogP contribution in [0.25, 0.3) is 0 Å². The van der Waals surface area contributed by atoms with E-state index < -0.39 is 34.0 Å². The largest absolute Gasteiger partial charge is 0.493 e. The number of nitrogens with zero attached hydrogens (tertiary/aromatic N) is 1. The third-order valence-electron chi connectivity index (χ3n) is 1.58. The summed E-state index contributed by atoms with van der Waals surface area (Å²) >= 11 is 1.85. The average molecular weight is 283 g/mol. The van der Waals surface area contributed by atoms with Crippen LogP contribution >= 0.6 is 15.9 Å². The average Bonchev–Trinajstić information content (AvgIpc) is 2.09. The molecule has 1 aromatic heterocycles. The zero-order chi connectivity index (χ0) is 11.6. The molecule has 82 valence electrons. The molecule has 2 N–H and O–H groups in total. The molecule has 0 fully saturated rings. The van der Waals surface area contributed by atoms with Crippen LogP contribution in [-0.4, -0.2) is 25.7 Å². The lowest BCUT2D eigenvalue weighted by Crippen LogP contribution is -2.26. The Kier molecular flexibility index (Phi) is 3.18. The molecular formula is C7H5BrF2N2O3. The van der Waals surface area contributed by atoms with Gasteiger partial charge in [-0.25, -0.2) is 4.98 Å². The number of aromatic nitrogens is 2. The normalized spacial score (nSPS) is 11.4. The first kappa shape index (κ1) is 11.8. The van der Waals surface area contributed by atoms with Gasteiger partial charge in [0.2, 0.25) is 11.7 Å². The molecular weight excluding hydrogens is 278 g/mol. The van der Waals surface area contributed by atoms with E-state index >= 15 is 0 Å². The molecule has 0 saturated heterocycles. The first-order valence-electron chi connectivity index (χ1n) is 3.68. The Bertz CT molecular complexity index is 441. The Morgan fingerprint density at radius 1 is 1.67 bits per heavy atom. The zero-order valence-corrected chi connectivity index (χ0v) is 8.72. The molecule has 0 saturated carbocycles. The molecule has 5 nitrogen and oxygen atoms in total. The van der Waals surface area contributed by atoms with Gasteiger partial charge in [-0.1, -0.05) is 0 Å². The van der Waals surface area contributed by atoms with E-state index in [1.807, 2.05) is 15.9 Å². The summed E-state index contributed by atoms with van der Waals surface area (Å²) in [5.74, 6) is -2.26. The number of hydrogen-bond acceptors (Lipinski definition) is 4. The Labute approximate surface area is 90.3 Å². The summed E-state index contributed by atoms with van der Waals surface area (Å²) in [6.45, 7) is 0. The number of alkyl halides is 3. The summed E-state index contributed by atoms with van der Waals surface area (Å²) in [4.78, 5) is 23.5. The van der Waals surface area contributed by atoms with Crippen LogP contribution in [0.2, 0.25) is 0 Å². The van der Waals surface area contributed by atoms with Crippen LogP contribution in [0.1, 0.15) is 5.56 Å². The van der Waals surface area contributed by atoms with Gasteiger partial charge in [0.15, 0.2) is 0 Å². The van der Waals surface area contributed by atoms with Crippen molar-refractivity contribution in [3.8, 4) is 5.88 Å². The van der Waals surface area contributed by atoms with Crippen LogP contribution in [0.4, 0.5) is 8.78 Å². The molecule has 1 aromatic rings. The smallest absolute Gasteiger partial charge is 0.358 e. The Balaban J connectivity index is 3.01. The lowest BCUT2D eigenvalue weighted by Gasteiger charge is -2.06. The van der Waals surface area contributed by atoms with E-state index in [9.17, 15) is 18.4 Å². The summed E-state index contributed by atoms with van der Waals surface area (Å²) in [6.07, 6.45) is 0.00513. The number of halogens is 3. The van der Waals surface area contributed by atoms with Crippen LogP contribution in [0, 0.1) is 0 Å². The molecule has 0 radical (unpaired) electrons. The van der Waals surface area contributed by atoms with Gasteiger partial charge >= 0.3 is 4.83 Å². The second-order valence-corrected chi connectivity index (χ2v) is 3.63. The van der Waals surface area contributed by atoms with Gasteiger partial charge in [-0.15, -0.1) is 0 Å². The van der Waals surface area contributed by atoms with Gasteiger partial charge in [0, 0.05) is 6.42 Å². The molecule has 0 bridgehead atoms. The summed E-state index contributed by atoms with van der Waals surface area (Å²) < 4.78 is 24.8. The minimum absolute atomic E-state index is 0.485. The molecule has 15 heavy (non-hydrogen) atoms. The molecule has 0 amide bonds. The maximum absolute atomic E-state index is 12.4. The first-order chi connectivity index (χ1) is 6.82. The van der Waals surface area contributed by atoms with Crippen molar-refractivity contribution in [1.29, 1.82) is 0 Å². The lowest BCUT2D eigenvalue weighted by atomic mass is 10.1. The SMILES string of the molecule is O=C(Cc1c(O)nc[nH]c1=O)C(F)(F)Br. The van der Waals surface area contributed by atoms with Gasteiger partial charge in [0.05, 0.1) is 11.9 Å². The maximum atomic E-state index is 12.4. The summed E-state index contributed by atoms with van der Waals surface area (Å²) in [7, 11) is 0. The Hall–Kier alpha value is -1.31. The van der Waals surface area contributed by atoms with Crippen molar-refractivity contribution in [2.75, 3.05) is 0 Å². The topological polar surface area (TPSA) is 83.0 Å². The summed E-state index contributed by atoms with van der Waals surface area (Å²) in [5, 5.41) is 9.06. The highest BCUT2D eigenvalue weighted by atomic mass is 79.9. The van der Waals surface area contributed by atoms with E-state index in [4.69, 9.17) is 5.11 Å². The summed E-state index contributed by atoms with van der Waals surface area (Å²) in [6, 6.07) is 0. The van der Waals surface area contributed by atoms with E-state index in [0.29, 0.717) is 0 Å². The molecule has 0 aromatic carbocycles. The second-order valence-electron chi connectivity index (χ2n) is 2.63. The van der Waals surface area contributed by atoms with Crippen LogP contribution in [-0.2, 0) is 11.2 Å². The highest BCUT2D eigenvalue weighted by Gasteiger charge is 2.35. The Morgan fingerprint density at radius 3 is 2.73 bits per heavy atom. The number of nitrogens with one attached hydrogen (secondary N) is 1. The zero-order valence-electron chi connectivity index (χ0n) is 7.13. The fourth-order valence-electron chi connectivity index (χ4n) is 0.839. The molecule has 1 heterocycles. The molecule has 0 aliphatic carbocycles. The maximum Gasteiger partial charge on any atom is 0.358 e. The van der Waals surface area contributed by atoms with Gasteiger partial charge in [-0.05, 0) is 15.9 Å². The number of rotatable bonds is 3. The highest BCUT2D eigenvalue weighted by Crippen LogP contribution is 2.24. The number of ketones is 1. The molecule has 0 aliphatic rings.